The SMILES string of the molecule is CC1=CC(=O)C(C)C(c2cccc(Cl)c2Cl)C1.O=C=O. The van der Waals surface area contributed by atoms with Crippen LogP contribution in [0.1, 0.15) is 31.7 Å². The van der Waals surface area contributed by atoms with Crippen molar-refractivity contribution in [3.8, 4) is 0 Å². The highest BCUT2D eigenvalue weighted by Gasteiger charge is 2.30. The molecule has 0 aromatic heterocycles. The molecule has 0 heterocycles. The van der Waals surface area contributed by atoms with Crippen LogP contribution < -0.4 is 0 Å². The van der Waals surface area contributed by atoms with Gasteiger partial charge < -0.3 is 0 Å². The Kier molecular flexibility index (Phi) is 6.15. The third-order valence-corrected chi connectivity index (χ3v) is 4.20. The third kappa shape index (κ3) is 3.80. The van der Waals surface area contributed by atoms with Crippen molar-refractivity contribution in [1.82, 2.24) is 0 Å². The summed E-state index contributed by atoms with van der Waals surface area (Å²) in [4.78, 5) is 28.1. The molecule has 0 fully saturated rings. The summed E-state index contributed by atoms with van der Waals surface area (Å²) in [6.07, 6.45) is 2.85. The lowest BCUT2D eigenvalue weighted by Gasteiger charge is -2.28. The van der Waals surface area contributed by atoms with Crippen LogP contribution in [0.15, 0.2) is 29.8 Å². The molecule has 1 aliphatic rings. The van der Waals surface area contributed by atoms with E-state index < -0.39 is 0 Å². The van der Waals surface area contributed by atoms with Gasteiger partial charge in [-0.1, -0.05) is 47.8 Å². The van der Waals surface area contributed by atoms with E-state index in [0.717, 1.165) is 17.6 Å². The van der Waals surface area contributed by atoms with Crippen molar-refractivity contribution in [3.63, 3.8) is 0 Å². The van der Waals surface area contributed by atoms with Crippen LogP contribution in [-0.2, 0) is 14.4 Å². The number of carbonyl (C=O) groups excluding carboxylic acids is 3. The fraction of sp³-hybridized carbons (Fsp3) is 0.333. The monoisotopic (exact) mass is 312 g/mol. The van der Waals surface area contributed by atoms with Crippen molar-refractivity contribution in [1.29, 1.82) is 0 Å². The summed E-state index contributed by atoms with van der Waals surface area (Å²) in [6, 6.07) is 5.61. The van der Waals surface area contributed by atoms with Crippen molar-refractivity contribution in [2.24, 2.45) is 5.92 Å². The predicted molar refractivity (Wildman–Crippen MR) is 76.8 cm³/mol. The molecule has 5 heteroatoms. The summed E-state index contributed by atoms with van der Waals surface area (Å²) in [5, 5.41) is 1.13. The van der Waals surface area contributed by atoms with Crippen LogP contribution in [0.5, 0.6) is 0 Å². The Labute approximate surface area is 127 Å². The van der Waals surface area contributed by atoms with E-state index in [-0.39, 0.29) is 23.8 Å². The van der Waals surface area contributed by atoms with E-state index in [0.29, 0.717) is 10.0 Å². The quantitative estimate of drug-likeness (QED) is 0.786. The summed E-state index contributed by atoms with van der Waals surface area (Å²) >= 11 is 12.2. The lowest BCUT2D eigenvalue weighted by atomic mass is 9.76. The number of ketones is 1. The van der Waals surface area contributed by atoms with Crippen molar-refractivity contribution in [2.45, 2.75) is 26.2 Å². The zero-order valence-electron chi connectivity index (χ0n) is 11.2. The van der Waals surface area contributed by atoms with Gasteiger partial charge in [0.1, 0.15) is 0 Å². The van der Waals surface area contributed by atoms with Gasteiger partial charge in [0.2, 0.25) is 0 Å². The van der Waals surface area contributed by atoms with Gasteiger partial charge in [-0.3, -0.25) is 4.79 Å². The maximum Gasteiger partial charge on any atom is 0.373 e. The number of hydrogen-bond acceptors (Lipinski definition) is 3. The van der Waals surface area contributed by atoms with Crippen molar-refractivity contribution >= 4 is 35.1 Å². The lowest BCUT2D eigenvalue weighted by molar-refractivity contribution is -0.191. The van der Waals surface area contributed by atoms with E-state index in [9.17, 15) is 4.79 Å². The van der Waals surface area contributed by atoms with Crippen LogP contribution in [0.4, 0.5) is 0 Å². The first-order valence-corrected chi connectivity index (χ1v) is 6.82. The number of carbonyl (C=O) groups is 1. The van der Waals surface area contributed by atoms with Gasteiger partial charge in [-0.25, -0.2) is 0 Å². The second-order valence-electron chi connectivity index (χ2n) is 4.72. The number of halogens is 2. The van der Waals surface area contributed by atoms with E-state index in [1.807, 2.05) is 26.0 Å². The molecule has 0 saturated carbocycles. The predicted octanol–water partition coefficient (Wildman–Crippen LogP) is 4.05. The molecule has 1 aromatic rings. The van der Waals surface area contributed by atoms with Gasteiger partial charge >= 0.3 is 6.15 Å². The summed E-state index contributed by atoms with van der Waals surface area (Å²) in [5.41, 5.74) is 2.08. The highest BCUT2D eigenvalue weighted by atomic mass is 35.5. The Balaban J connectivity index is 0.000000612. The molecular formula is C15H14Cl2O3. The van der Waals surface area contributed by atoms with E-state index >= 15 is 0 Å². The van der Waals surface area contributed by atoms with Crippen molar-refractivity contribution in [2.75, 3.05) is 0 Å². The van der Waals surface area contributed by atoms with E-state index in [1.165, 1.54) is 0 Å². The molecule has 106 valence electrons. The number of hydrogen-bond donors (Lipinski definition) is 0. The van der Waals surface area contributed by atoms with Gasteiger partial charge in [0, 0.05) is 5.92 Å². The summed E-state index contributed by atoms with van der Waals surface area (Å²) < 4.78 is 0. The van der Waals surface area contributed by atoms with Gasteiger partial charge in [-0.05, 0) is 37.0 Å². The average molecular weight is 313 g/mol. The lowest BCUT2D eigenvalue weighted by Crippen LogP contribution is -2.23. The molecule has 1 aromatic carbocycles. The topological polar surface area (TPSA) is 51.2 Å². The number of rotatable bonds is 1. The molecule has 2 atom stereocenters. The van der Waals surface area contributed by atoms with Crippen LogP contribution >= 0.6 is 23.2 Å². The summed E-state index contributed by atoms with van der Waals surface area (Å²) in [6.45, 7) is 3.93. The first-order valence-electron chi connectivity index (χ1n) is 6.06. The second kappa shape index (κ2) is 7.39. The molecule has 1 aliphatic carbocycles. The normalized spacial score (nSPS) is 21.4. The summed E-state index contributed by atoms with van der Waals surface area (Å²) in [5.74, 6) is 0.281. The Hall–Kier alpha value is -1.41. The first-order chi connectivity index (χ1) is 9.42. The van der Waals surface area contributed by atoms with E-state index in [4.69, 9.17) is 32.8 Å². The fourth-order valence-corrected chi connectivity index (χ4v) is 2.79. The molecule has 0 spiro atoms. The standard InChI is InChI=1S/C14H14Cl2O.CO2/c1-8-6-11(9(2)13(17)7-8)10-4-3-5-12(15)14(10)16;2-1-3/h3-5,7,9,11H,6H2,1-2H3;. The Bertz CT molecular complexity index is 572. The average Bonchev–Trinajstić information content (AvgIpc) is 2.38. The smallest absolute Gasteiger partial charge is 0.295 e. The van der Waals surface area contributed by atoms with Gasteiger partial charge in [-0.15, -0.1) is 0 Å². The largest absolute Gasteiger partial charge is 0.373 e. The van der Waals surface area contributed by atoms with Gasteiger partial charge in [0.25, 0.3) is 0 Å². The minimum absolute atomic E-state index is 0.0327. The first kappa shape index (κ1) is 16.6. The zero-order valence-corrected chi connectivity index (χ0v) is 12.7. The minimum Gasteiger partial charge on any atom is -0.295 e. The maximum absolute atomic E-state index is 11.8. The molecule has 0 saturated heterocycles. The Morgan fingerprint density at radius 3 is 2.45 bits per heavy atom. The zero-order chi connectivity index (χ0) is 15.3. The van der Waals surface area contributed by atoms with Gasteiger partial charge in [0.15, 0.2) is 5.78 Å². The Morgan fingerprint density at radius 2 is 1.85 bits per heavy atom. The molecule has 20 heavy (non-hydrogen) atoms. The van der Waals surface area contributed by atoms with Crippen LogP contribution in [0.25, 0.3) is 0 Å². The highest BCUT2D eigenvalue weighted by molar-refractivity contribution is 6.42. The summed E-state index contributed by atoms with van der Waals surface area (Å²) in [7, 11) is 0. The van der Waals surface area contributed by atoms with Crippen LogP contribution in [-0.4, -0.2) is 11.9 Å². The molecule has 2 rings (SSSR count). The Morgan fingerprint density at radius 1 is 1.25 bits per heavy atom. The van der Waals surface area contributed by atoms with Crippen LogP contribution in [0.3, 0.4) is 0 Å². The van der Waals surface area contributed by atoms with Crippen LogP contribution in [0.2, 0.25) is 10.0 Å². The molecule has 3 nitrogen and oxygen atoms in total. The van der Waals surface area contributed by atoms with Crippen molar-refractivity contribution in [3.05, 3.63) is 45.5 Å². The maximum atomic E-state index is 11.8. The fourth-order valence-electron chi connectivity index (χ4n) is 2.34. The second-order valence-corrected chi connectivity index (χ2v) is 5.50. The van der Waals surface area contributed by atoms with Crippen molar-refractivity contribution < 1.29 is 14.4 Å². The molecule has 0 N–H and O–H groups in total. The highest BCUT2D eigenvalue weighted by Crippen LogP contribution is 2.40. The van der Waals surface area contributed by atoms with Crippen LogP contribution in [0, 0.1) is 5.92 Å². The third-order valence-electron chi connectivity index (χ3n) is 3.36. The molecule has 0 aliphatic heterocycles. The molecule has 0 bridgehead atoms. The molecule has 0 amide bonds. The number of benzene rings is 1. The van der Waals surface area contributed by atoms with E-state index in [2.05, 4.69) is 0 Å². The number of allylic oxidation sites excluding steroid dienone is 2. The molecule has 2 unspecified atom stereocenters. The van der Waals surface area contributed by atoms with Gasteiger partial charge in [-0.2, -0.15) is 9.59 Å². The van der Waals surface area contributed by atoms with Gasteiger partial charge in [0.05, 0.1) is 10.0 Å². The van der Waals surface area contributed by atoms with E-state index in [1.54, 1.807) is 12.1 Å². The molecular weight excluding hydrogens is 299 g/mol. The molecule has 0 radical (unpaired) electrons. The minimum atomic E-state index is -0.0327.